The van der Waals surface area contributed by atoms with Gasteiger partial charge in [-0.15, -0.1) is 0 Å². The van der Waals surface area contributed by atoms with Gasteiger partial charge in [-0.25, -0.2) is 4.98 Å². The van der Waals surface area contributed by atoms with Crippen molar-refractivity contribution in [3.8, 4) is 0 Å². The number of hydrogen-bond donors (Lipinski definition) is 3. The Morgan fingerprint density at radius 2 is 1.95 bits per heavy atom. The maximum Gasteiger partial charge on any atom is 0.224 e. The first kappa shape index (κ1) is 14.3. The van der Waals surface area contributed by atoms with Crippen LogP contribution in [0.1, 0.15) is 18.1 Å². The van der Waals surface area contributed by atoms with Gasteiger partial charge >= 0.3 is 0 Å². The summed E-state index contributed by atoms with van der Waals surface area (Å²) < 4.78 is 0. The summed E-state index contributed by atoms with van der Waals surface area (Å²) in [6.07, 6.45) is 1.75. The number of nitrogens with zero attached hydrogens (tertiary/aromatic N) is 2. The Morgan fingerprint density at radius 1 is 1.25 bits per heavy atom. The van der Waals surface area contributed by atoms with Crippen LogP contribution in [0.4, 0.5) is 11.8 Å². The van der Waals surface area contributed by atoms with Gasteiger partial charge in [-0.05, 0) is 19.4 Å². The highest BCUT2D eigenvalue weighted by atomic mass is 16.3. The summed E-state index contributed by atoms with van der Waals surface area (Å²) in [6.45, 7) is 3.85. The molecule has 0 aliphatic heterocycles. The van der Waals surface area contributed by atoms with Crippen LogP contribution in [0.25, 0.3) is 0 Å². The second-order valence-corrected chi connectivity index (χ2v) is 4.96. The highest BCUT2D eigenvalue weighted by Gasteiger charge is 2.26. The van der Waals surface area contributed by atoms with Crippen LogP contribution in [-0.4, -0.2) is 28.7 Å². The summed E-state index contributed by atoms with van der Waals surface area (Å²) in [6, 6.07) is 9.83. The number of aliphatic hydroxyl groups is 1. The maximum absolute atomic E-state index is 9.80. The Morgan fingerprint density at radius 3 is 2.55 bits per heavy atom. The first-order chi connectivity index (χ1) is 9.59. The van der Waals surface area contributed by atoms with Crippen molar-refractivity contribution in [3.05, 3.63) is 47.7 Å². The van der Waals surface area contributed by atoms with Gasteiger partial charge in [0.1, 0.15) is 5.82 Å². The van der Waals surface area contributed by atoms with Crippen molar-refractivity contribution in [2.45, 2.75) is 19.4 Å². The summed E-state index contributed by atoms with van der Waals surface area (Å²) in [5.74, 6) is 1.26. The molecule has 1 unspecified atom stereocenters. The molecule has 2 rings (SSSR count). The third-order valence-corrected chi connectivity index (χ3v) is 3.32. The molecule has 0 fully saturated rings. The average Bonchev–Trinajstić information content (AvgIpc) is 2.50. The lowest BCUT2D eigenvalue weighted by Crippen LogP contribution is -2.36. The fraction of sp³-hybridized carbons (Fsp3) is 0.333. The fourth-order valence-electron chi connectivity index (χ4n) is 1.96. The molecule has 0 bridgehead atoms. The first-order valence-electron chi connectivity index (χ1n) is 6.55. The van der Waals surface area contributed by atoms with Gasteiger partial charge in [0.25, 0.3) is 0 Å². The summed E-state index contributed by atoms with van der Waals surface area (Å²) >= 11 is 0. The van der Waals surface area contributed by atoms with Crippen molar-refractivity contribution in [3.63, 3.8) is 0 Å². The zero-order valence-electron chi connectivity index (χ0n) is 12.0. The molecule has 0 saturated carbocycles. The number of nitrogens with one attached hydrogen (secondary N) is 2. The number of rotatable bonds is 5. The van der Waals surface area contributed by atoms with E-state index < -0.39 is 5.54 Å². The van der Waals surface area contributed by atoms with Crippen molar-refractivity contribution in [2.24, 2.45) is 0 Å². The van der Waals surface area contributed by atoms with Crippen molar-refractivity contribution in [2.75, 3.05) is 24.3 Å². The number of benzene rings is 1. The van der Waals surface area contributed by atoms with E-state index in [1.165, 1.54) is 0 Å². The number of anilines is 2. The van der Waals surface area contributed by atoms with Crippen LogP contribution in [0, 0.1) is 6.92 Å². The van der Waals surface area contributed by atoms with Crippen molar-refractivity contribution < 1.29 is 5.11 Å². The maximum atomic E-state index is 9.80. The lowest BCUT2D eigenvalue weighted by atomic mass is 9.93. The number of hydrogen-bond acceptors (Lipinski definition) is 5. The third kappa shape index (κ3) is 2.88. The fourth-order valence-corrected chi connectivity index (χ4v) is 1.96. The topological polar surface area (TPSA) is 70.1 Å². The van der Waals surface area contributed by atoms with Gasteiger partial charge in [-0.3, -0.25) is 0 Å². The van der Waals surface area contributed by atoms with Gasteiger partial charge < -0.3 is 15.7 Å². The van der Waals surface area contributed by atoms with Crippen LogP contribution in [0.2, 0.25) is 0 Å². The van der Waals surface area contributed by atoms with Crippen LogP contribution in [0.15, 0.2) is 36.5 Å². The SMILES string of the molecule is CNc1ncc(C)c(NC(C)(CO)c2ccccc2)n1. The lowest BCUT2D eigenvalue weighted by Gasteiger charge is -2.30. The second-order valence-electron chi connectivity index (χ2n) is 4.96. The van der Waals surface area contributed by atoms with Crippen LogP contribution in [0.5, 0.6) is 0 Å². The molecule has 0 spiro atoms. The molecule has 1 aromatic heterocycles. The molecular weight excluding hydrogens is 252 g/mol. The molecule has 0 aliphatic rings. The van der Waals surface area contributed by atoms with E-state index >= 15 is 0 Å². The van der Waals surface area contributed by atoms with E-state index in [4.69, 9.17) is 0 Å². The zero-order valence-corrected chi connectivity index (χ0v) is 12.0. The van der Waals surface area contributed by atoms with Gasteiger partial charge in [-0.1, -0.05) is 30.3 Å². The van der Waals surface area contributed by atoms with E-state index in [0.29, 0.717) is 11.8 Å². The zero-order chi connectivity index (χ0) is 14.6. The molecule has 106 valence electrons. The second kappa shape index (κ2) is 5.88. The quantitative estimate of drug-likeness (QED) is 0.778. The largest absolute Gasteiger partial charge is 0.394 e. The Labute approximate surface area is 119 Å². The summed E-state index contributed by atoms with van der Waals surface area (Å²) in [5, 5.41) is 16.0. The molecule has 2 aromatic rings. The molecular formula is C15H20N4O. The number of aromatic nitrogens is 2. The normalized spacial score (nSPS) is 13.6. The number of aliphatic hydroxyl groups excluding tert-OH is 1. The van der Waals surface area contributed by atoms with Crippen LogP contribution in [0.3, 0.4) is 0 Å². The minimum absolute atomic E-state index is 0.0324. The van der Waals surface area contributed by atoms with E-state index in [1.54, 1.807) is 13.2 Å². The van der Waals surface area contributed by atoms with Gasteiger partial charge in [0.05, 0.1) is 12.1 Å². The molecule has 3 N–H and O–H groups in total. The predicted molar refractivity (Wildman–Crippen MR) is 80.8 cm³/mol. The van der Waals surface area contributed by atoms with Crippen LogP contribution < -0.4 is 10.6 Å². The molecule has 5 nitrogen and oxygen atoms in total. The molecule has 1 aromatic carbocycles. The third-order valence-electron chi connectivity index (χ3n) is 3.32. The molecule has 0 saturated heterocycles. The van der Waals surface area contributed by atoms with E-state index in [2.05, 4.69) is 20.6 Å². The molecule has 1 atom stereocenters. The summed E-state index contributed by atoms with van der Waals surface area (Å²) in [5.41, 5.74) is 1.34. The predicted octanol–water partition coefficient (Wildman–Crippen LogP) is 2.15. The van der Waals surface area contributed by atoms with Crippen molar-refractivity contribution in [1.82, 2.24) is 9.97 Å². The lowest BCUT2D eigenvalue weighted by molar-refractivity contribution is 0.223. The van der Waals surface area contributed by atoms with E-state index in [-0.39, 0.29) is 6.61 Å². The van der Waals surface area contributed by atoms with Gasteiger partial charge in [-0.2, -0.15) is 4.98 Å². The highest BCUT2D eigenvalue weighted by Crippen LogP contribution is 2.26. The molecule has 0 radical (unpaired) electrons. The Hall–Kier alpha value is -2.14. The smallest absolute Gasteiger partial charge is 0.224 e. The van der Waals surface area contributed by atoms with Crippen molar-refractivity contribution >= 4 is 11.8 Å². The summed E-state index contributed by atoms with van der Waals surface area (Å²) in [4.78, 5) is 8.57. The van der Waals surface area contributed by atoms with Crippen LogP contribution in [-0.2, 0) is 5.54 Å². The Kier molecular flexibility index (Phi) is 4.20. The van der Waals surface area contributed by atoms with Crippen molar-refractivity contribution in [1.29, 1.82) is 0 Å². The monoisotopic (exact) mass is 272 g/mol. The molecule has 0 amide bonds. The first-order valence-corrected chi connectivity index (χ1v) is 6.55. The van der Waals surface area contributed by atoms with Gasteiger partial charge in [0.15, 0.2) is 0 Å². The van der Waals surface area contributed by atoms with Crippen LogP contribution >= 0.6 is 0 Å². The van der Waals surface area contributed by atoms with Gasteiger partial charge in [0, 0.05) is 18.8 Å². The van der Waals surface area contributed by atoms with E-state index in [0.717, 1.165) is 11.1 Å². The Balaban J connectivity index is 2.35. The molecule has 20 heavy (non-hydrogen) atoms. The summed E-state index contributed by atoms with van der Waals surface area (Å²) in [7, 11) is 1.77. The molecule has 1 heterocycles. The highest BCUT2D eigenvalue weighted by molar-refractivity contribution is 5.50. The Bertz CT molecular complexity index is 573. The number of aryl methyl sites for hydroxylation is 1. The van der Waals surface area contributed by atoms with E-state index in [1.807, 2.05) is 44.2 Å². The van der Waals surface area contributed by atoms with Gasteiger partial charge in [0.2, 0.25) is 5.95 Å². The minimum Gasteiger partial charge on any atom is -0.394 e. The molecule has 0 aliphatic carbocycles. The van der Waals surface area contributed by atoms with E-state index in [9.17, 15) is 5.11 Å². The minimum atomic E-state index is -0.592. The molecule has 5 heteroatoms. The average molecular weight is 272 g/mol. The standard InChI is InChI=1S/C15H20N4O/c1-11-9-17-14(16-3)18-13(11)19-15(2,10-20)12-7-5-4-6-8-12/h4-9,20H,10H2,1-3H3,(H2,16,17,18,19).